The van der Waals surface area contributed by atoms with E-state index in [1.54, 1.807) is 0 Å². The molecular formula is C16H31N. The van der Waals surface area contributed by atoms with Crippen molar-refractivity contribution < 1.29 is 0 Å². The monoisotopic (exact) mass is 237 g/mol. The average molecular weight is 237 g/mol. The molecule has 1 atom stereocenters. The third-order valence-electron chi connectivity index (χ3n) is 4.06. The average Bonchev–Trinajstić information content (AvgIpc) is 2.34. The van der Waals surface area contributed by atoms with E-state index in [0.717, 1.165) is 18.5 Å². The van der Waals surface area contributed by atoms with E-state index in [4.69, 9.17) is 0 Å². The van der Waals surface area contributed by atoms with Crippen LogP contribution in [-0.4, -0.2) is 12.6 Å². The molecule has 1 N–H and O–H groups in total. The highest BCUT2D eigenvalue weighted by Crippen LogP contribution is 2.28. The van der Waals surface area contributed by atoms with Crippen molar-refractivity contribution in [3.63, 3.8) is 0 Å². The largest absolute Gasteiger partial charge is 0.314 e. The second-order valence-corrected chi connectivity index (χ2v) is 5.83. The van der Waals surface area contributed by atoms with Gasteiger partial charge in [-0.15, -0.1) is 6.58 Å². The molecule has 0 saturated heterocycles. The van der Waals surface area contributed by atoms with Gasteiger partial charge in [-0.25, -0.2) is 0 Å². The highest BCUT2D eigenvalue weighted by Gasteiger charge is 2.15. The molecule has 1 unspecified atom stereocenters. The number of hydrogen-bond donors (Lipinski definition) is 1. The first kappa shape index (κ1) is 14.8. The third-order valence-corrected chi connectivity index (χ3v) is 4.06. The molecule has 1 rings (SSSR count). The smallest absolute Gasteiger partial charge is 0.00700 e. The van der Waals surface area contributed by atoms with Crippen LogP contribution in [0.4, 0.5) is 0 Å². The van der Waals surface area contributed by atoms with Crippen molar-refractivity contribution >= 4 is 0 Å². The zero-order valence-corrected chi connectivity index (χ0v) is 11.9. The molecule has 0 aromatic carbocycles. The molecule has 100 valence electrons. The van der Waals surface area contributed by atoms with Crippen LogP contribution in [0.5, 0.6) is 0 Å². The van der Waals surface area contributed by atoms with Gasteiger partial charge in [0, 0.05) is 6.04 Å². The molecule has 1 nitrogen and oxygen atoms in total. The van der Waals surface area contributed by atoms with Crippen LogP contribution in [0, 0.1) is 5.92 Å². The van der Waals surface area contributed by atoms with Crippen LogP contribution in [-0.2, 0) is 0 Å². The van der Waals surface area contributed by atoms with Crippen molar-refractivity contribution in [2.75, 3.05) is 6.54 Å². The molecule has 0 heterocycles. The molecule has 0 amide bonds. The molecule has 1 aliphatic rings. The highest BCUT2D eigenvalue weighted by atomic mass is 14.9. The zero-order chi connectivity index (χ0) is 12.5. The van der Waals surface area contributed by atoms with Crippen LogP contribution >= 0.6 is 0 Å². The number of allylic oxidation sites excluding steroid dienone is 1. The molecule has 0 bridgehead atoms. The molecule has 17 heavy (non-hydrogen) atoms. The van der Waals surface area contributed by atoms with Crippen molar-refractivity contribution in [3.05, 3.63) is 12.2 Å². The molecular weight excluding hydrogens is 206 g/mol. The van der Waals surface area contributed by atoms with Gasteiger partial charge in [0.2, 0.25) is 0 Å². The second-order valence-electron chi connectivity index (χ2n) is 5.83. The summed E-state index contributed by atoms with van der Waals surface area (Å²) in [6, 6.07) is 0.721. The number of hydrogen-bond acceptors (Lipinski definition) is 1. The van der Waals surface area contributed by atoms with Crippen LogP contribution in [0.25, 0.3) is 0 Å². The third kappa shape index (κ3) is 6.88. The minimum absolute atomic E-state index is 0.721. The Hall–Kier alpha value is -0.300. The van der Waals surface area contributed by atoms with Crippen LogP contribution < -0.4 is 5.32 Å². The molecule has 0 aromatic rings. The Labute approximate surface area is 108 Å². The maximum atomic E-state index is 4.01. The van der Waals surface area contributed by atoms with E-state index in [-0.39, 0.29) is 0 Å². The first-order valence-corrected chi connectivity index (χ1v) is 7.60. The first-order chi connectivity index (χ1) is 8.22. The van der Waals surface area contributed by atoms with E-state index in [2.05, 4.69) is 25.7 Å². The van der Waals surface area contributed by atoms with Gasteiger partial charge in [-0.05, 0) is 45.1 Å². The van der Waals surface area contributed by atoms with E-state index in [1.807, 2.05) is 0 Å². The Bertz CT molecular complexity index is 204. The van der Waals surface area contributed by atoms with Crippen molar-refractivity contribution in [1.29, 1.82) is 0 Å². The predicted octanol–water partition coefficient (Wildman–Crippen LogP) is 4.68. The van der Waals surface area contributed by atoms with Gasteiger partial charge in [-0.3, -0.25) is 0 Å². The Balaban J connectivity index is 2.19. The molecule has 0 radical (unpaired) electrons. The van der Waals surface area contributed by atoms with E-state index >= 15 is 0 Å². The van der Waals surface area contributed by atoms with E-state index in [0.29, 0.717) is 0 Å². The van der Waals surface area contributed by atoms with Gasteiger partial charge >= 0.3 is 0 Å². The normalized spacial score (nSPS) is 19.2. The fourth-order valence-electron chi connectivity index (χ4n) is 2.97. The Morgan fingerprint density at radius 1 is 1.24 bits per heavy atom. The summed E-state index contributed by atoms with van der Waals surface area (Å²) in [7, 11) is 0. The Morgan fingerprint density at radius 3 is 2.53 bits per heavy atom. The minimum Gasteiger partial charge on any atom is -0.314 e. The first-order valence-electron chi connectivity index (χ1n) is 7.60. The molecule has 1 fully saturated rings. The quantitative estimate of drug-likeness (QED) is 0.604. The van der Waals surface area contributed by atoms with Gasteiger partial charge < -0.3 is 5.32 Å². The fourth-order valence-corrected chi connectivity index (χ4v) is 2.97. The van der Waals surface area contributed by atoms with Crippen LogP contribution in [0.2, 0.25) is 0 Å². The summed E-state index contributed by atoms with van der Waals surface area (Å²) in [5, 5.41) is 3.64. The van der Waals surface area contributed by atoms with E-state index < -0.39 is 0 Å². The summed E-state index contributed by atoms with van der Waals surface area (Å²) in [4.78, 5) is 0. The summed E-state index contributed by atoms with van der Waals surface area (Å²) in [6.45, 7) is 9.47. The van der Waals surface area contributed by atoms with Gasteiger partial charge in [0.25, 0.3) is 0 Å². The maximum Gasteiger partial charge on any atom is 0.00700 e. The summed E-state index contributed by atoms with van der Waals surface area (Å²) in [5.74, 6) is 1.02. The molecule has 0 aliphatic heterocycles. The van der Waals surface area contributed by atoms with Crippen molar-refractivity contribution in [3.8, 4) is 0 Å². The van der Waals surface area contributed by atoms with Crippen LogP contribution in [0.15, 0.2) is 12.2 Å². The van der Waals surface area contributed by atoms with Gasteiger partial charge in [-0.1, -0.05) is 44.6 Å². The Kier molecular flexibility index (Phi) is 7.59. The molecule has 1 heteroatoms. The molecule has 1 saturated carbocycles. The lowest BCUT2D eigenvalue weighted by Crippen LogP contribution is -2.29. The topological polar surface area (TPSA) is 12.0 Å². The van der Waals surface area contributed by atoms with Crippen molar-refractivity contribution in [1.82, 2.24) is 5.32 Å². The minimum atomic E-state index is 0.721. The lowest BCUT2D eigenvalue weighted by molar-refractivity contribution is 0.310. The van der Waals surface area contributed by atoms with E-state index in [9.17, 15) is 0 Å². The number of nitrogens with one attached hydrogen (secondary N) is 1. The summed E-state index contributed by atoms with van der Waals surface area (Å²) < 4.78 is 0. The SMILES string of the molecule is C=C(C)CCC(CCC1CCCCC1)NCC. The lowest BCUT2D eigenvalue weighted by atomic mass is 9.84. The van der Waals surface area contributed by atoms with Crippen molar-refractivity contribution in [2.45, 2.75) is 77.7 Å². The maximum absolute atomic E-state index is 4.01. The highest BCUT2D eigenvalue weighted by molar-refractivity contribution is 4.89. The van der Waals surface area contributed by atoms with Gasteiger partial charge in [0.05, 0.1) is 0 Å². The predicted molar refractivity (Wildman–Crippen MR) is 77.3 cm³/mol. The van der Waals surface area contributed by atoms with Crippen LogP contribution in [0.3, 0.4) is 0 Å². The van der Waals surface area contributed by atoms with Gasteiger partial charge in [0.15, 0.2) is 0 Å². The second kappa shape index (κ2) is 8.74. The van der Waals surface area contributed by atoms with Crippen molar-refractivity contribution in [2.24, 2.45) is 5.92 Å². The van der Waals surface area contributed by atoms with E-state index in [1.165, 1.54) is 63.4 Å². The van der Waals surface area contributed by atoms with Crippen LogP contribution in [0.1, 0.15) is 71.6 Å². The fraction of sp³-hybridized carbons (Fsp3) is 0.875. The molecule has 0 aromatic heterocycles. The summed E-state index contributed by atoms with van der Waals surface area (Å²) in [6.07, 6.45) is 12.7. The zero-order valence-electron chi connectivity index (χ0n) is 11.9. The van der Waals surface area contributed by atoms with Gasteiger partial charge in [0.1, 0.15) is 0 Å². The molecule has 0 spiro atoms. The summed E-state index contributed by atoms with van der Waals surface area (Å²) >= 11 is 0. The Morgan fingerprint density at radius 2 is 1.94 bits per heavy atom. The standard InChI is InChI=1S/C16H31N/c1-4-17-16(12-10-14(2)3)13-11-15-8-6-5-7-9-15/h15-17H,2,4-13H2,1,3H3. The summed E-state index contributed by atoms with van der Waals surface area (Å²) in [5.41, 5.74) is 1.32. The molecule has 1 aliphatic carbocycles. The lowest BCUT2D eigenvalue weighted by Gasteiger charge is -2.24. The van der Waals surface area contributed by atoms with Gasteiger partial charge in [-0.2, -0.15) is 0 Å². The number of rotatable bonds is 8.